The summed E-state index contributed by atoms with van der Waals surface area (Å²) in [5.41, 5.74) is 2.50. The molecule has 1 aromatic heterocycles. The van der Waals surface area contributed by atoms with Gasteiger partial charge in [0.15, 0.2) is 0 Å². The predicted molar refractivity (Wildman–Crippen MR) is 90.0 cm³/mol. The Morgan fingerprint density at radius 1 is 1.18 bits per heavy atom. The standard InChI is InChI=1S/C19H24N2O/c1-3-6-14(2)15-9-11-16(12-10-15)22-19-17-7-4-5-8-18(17)20-13-21-19/h4-8,13,15-16H,3,9-12H2,1-2H3/t15-,16+. The number of fused-ring (bicyclic) bond motifs is 1. The van der Waals surface area contributed by atoms with Crippen LogP contribution in [0.25, 0.3) is 10.9 Å². The first-order chi connectivity index (χ1) is 10.8. The van der Waals surface area contributed by atoms with E-state index in [2.05, 4.69) is 29.9 Å². The average molecular weight is 296 g/mol. The lowest BCUT2D eigenvalue weighted by Crippen LogP contribution is -2.25. The van der Waals surface area contributed by atoms with E-state index in [4.69, 9.17) is 4.74 Å². The van der Waals surface area contributed by atoms with Gasteiger partial charge in [0.25, 0.3) is 0 Å². The van der Waals surface area contributed by atoms with E-state index in [0.717, 1.165) is 42.0 Å². The van der Waals surface area contributed by atoms with E-state index >= 15 is 0 Å². The molecule has 1 heterocycles. The molecule has 0 radical (unpaired) electrons. The smallest absolute Gasteiger partial charge is 0.224 e. The summed E-state index contributed by atoms with van der Waals surface area (Å²) < 4.78 is 6.19. The Balaban J connectivity index is 1.66. The number of allylic oxidation sites excluding steroid dienone is 2. The van der Waals surface area contributed by atoms with Gasteiger partial charge in [-0.05, 0) is 57.1 Å². The number of nitrogens with zero attached hydrogens (tertiary/aromatic N) is 2. The summed E-state index contributed by atoms with van der Waals surface area (Å²) in [5, 5.41) is 1.01. The molecule has 1 aromatic carbocycles. The number of hydrogen-bond donors (Lipinski definition) is 0. The first-order valence-electron chi connectivity index (χ1n) is 8.31. The number of hydrogen-bond acceptors (Lipinski definition) is 3. The number of rotatable bonds is 4. The molecule has 2 aromatic rings. The van der Waals surface area contributed by atoms with Gasteiger partial charge in [0, 0.05) is 0 Å². The van der Waals surface area contributed by atoms with Gasteiger partial charge in [0.1, 0.15) is 12.4 Å². The Morgan fingerprint density at radius 2 is 1.95 bits per heavy atom. The normalized spacial score (nSPS) is 22.7. The highest BCUT2D eigenvalue weighted by Gasteiger charge is 2.24. The fourth-order valence-electron chi connectivity index (χ4n) is 3.36. The Bertz CT molecular complexity index is 652. The summed E-state index contributed by atoms with van der Waals surface area (Å²) in [7, 11) is 0. The second-order valence-electron chi connectivity index (χ2n) is 6.14. The first kappa shape index (κ1) is 15.0. The largest absolute Gasteiger partial charge is 0.474 e. The van der Waals surface area contributed by atoms with E-state index in [9.17, 15) is 0 Å². The highest BCUT2D eigenvalue weighted by molar-refractivity contribution is 5.82. The monoisotopic (exact) mass is 296 g/mol. The molecule has 1 aliphatic rings. The molecule has 3 nitrogen and oxygen atoms in total. The third-order valence-electron chi connectivity index (χ3n) is 4.63. The highest BCUT2D eigenvalue weighted by Crippen LogP contribution is 2.33. The second-order valence-corrected chi connectivity index (χ2v) is 6.14. The molecule has 0 saturated heterocycles. The minimum Gasteiger partial charge on any atom is -0.474 e. The molecular formula is C19H24N2O. The number of para-hydroxylation sites is 1. The van der Waals surface area contributed by atoms with Gasteiger partial charge in [0.05, 0.1) is 10.9 Å². The quantitative estimate of drug-likeness (QED) is 0.751. The molecule has 0 bridgehead atoms. The van der Waals surface area contributed by atoms with E-state index in [0.29, 0.717) is 0 Å². The zero-order valence-electron chi connectivity index (χ0n) is 13.5. The van der Waals surface area contributed by atoms with Crippen LogP contribution in [0, 0.1) is 5.92 Å². The molecule has 0 aliphatic heterocycles. The summed E-state index contributed by atoms with van der Waals surface area (Å²) >= 11 is 0. The Morgan fingerprint density at radius 3 is 2.73 bits per heavy atom. The molecule has 22 heavy (non-hydrogen) atoms. The van der Waals surface area contributed by atoms with Gasteiger partial charge in [-0.2, -0.15) is 0 Å². The van der Waals surface area contributed by atoms with Crippen molar-refractivity contribution in [2.24, 2.45) is 5.92 Å². The van der Waals surface area contributed by atoms with E-state index in [-0.39, 0.29) is 6.10 Å². The highest BCUT2D eigenvalue weighted by atomic mass is 16.5. The van der Waals surface area contributed by atoms with Crippen molar-refractivity contribution in [3.63, 3.8) is 0 Å². The van der Waals surface area contributed by atoms with Crippen LogP contribution in [0.1, 0.15) is 46.0 Å². The lowest BCUT2D eigenvalue weighted by atomic mass is 9.82. The van der Waals surface area contributed by atoms with Crippen molar-refractivity contribution >= 4 is 10.9 Å². The molecule has 0 atom stereocenters. The van der Waals surface area contributed by atoms with Gasteiger partial charge in [-0.25, -0.2) is 9.97 Å². The summed E-state index contributed by atoms with van der Waals surface area (Å²) in [6, 6.07) is 8.03. The second kappa shape index (κ2) is 6.91. The van der Waals surface area contributed by atoms with Crippen LogP contribution < -0.4 is 4.74 Å². The molecule has 0 amide bonds. The van der Waals surface area contributed by atoms with E-state index in [1.54, 1.807) is 11.9 Å². The van der Waals surface area contributed by atoms with Crippen molar-refractivity contribution in [1.29, 1.82) is 0 Å². The summed E-state index contributed by atoms with van der Waals surface area (Å²) in [5.74, 6) is 1.47. The van der Waals surface area contributed by atoms with Gasteiger partial charge in [0.2, 0.25) is 5.88 Å². The third kappa shape index (κ3) is 3.29. The van der Waals surface area contributed by atoms with Crippen molar-refractivity contribution < 1.29 is 4.74 Å². The number of aromatic nitrogens is 2. The fraction of sp³-hybridized carbons (Fsp3) is 0.474. The zero-order valence-corrected chi connectivity index (χ0v) is 13.5. The third-order valence-corrected chi connectivity index (χ3v) is 4.63. The van der Waals surface area contributed by atoms with E-state index in [1.165, 1.54) is 12.8 Å². The Hall–Kier alpha value is -1.90. The van der Waals surface area contributed by atoms with Crippen LogP contribution in [-0.2, 0) is 0 Å². The molecule has 116 valence electrons. The molecule has 3 rings (SSSR count). The minimum atomic E-state index is 0.281. The van der Waals surface area contributed by atoms with Crippen LogP contribution in [0.4, 0.5) is 0 Å². The molecule has 0 N–H and O–H groups in total. The van der Waals surface area contributed by atoms with E-state index in [1.807, 2.05) is 24.3 Å². The van der Waals surface area contributed by atoms with Gasteiger partial charge in [-0.1, -0.05) is 30.7 Å². The average Bonchev–Trinajstić information content (AvgIpc) is 2.56. The molecular weight excluding hydrogens is 272 g/mol. The maximum Gasteiger partial charge on any atom is 0.224 e. The minimum absolute atomic E-state index is 0.281. The summed E-state index contributed by atoms with van der Waals surface area (Å²) in [4.78, 5) is 8.63. The van der Waals surface area contributed by atoms with E-state index < -0.39 is 0 Å². The van der Waals surface area contributed by atoms with Crippen LogP contribution in [-0.4, -0.2) is 16.1 Å². The van der Waals surface area contributed by atoms with Crippen LogP contribution in [0.5, 0.6) is 5.88 Å². The zero-order chi connectivity index (χ0) is 15.4. The first-order valence-corrected chi connectivity index (χ1v) is 8.31. The number of ether oxygens (including phenoxy) is 1. The SMILES string of the molecule is CCC=C(C)[C@H]1CC[C@@H](Oc2ncnc3ccccc23)CC1. The molecule has 1 aliphatic carbocycles. The van der Waals surface area contributed by atoms with Gasteiger partial charge >= 0.3 is 0 Å². The predicted octanol–water partition coefficient (Wildman–Crippen LogP) is 4.92. The van der Waals surface area contributed by atoms with Crippen LogP contribution in [0.15, 0.2) is 42.2 Å². The summed E-state index contributed by atoms with van der Waals surface area (Å²) in [6.45, 7) is 4.48. The van der Waals surface area contributed by atoms with Crippen LogP contribution in [0.3, 0.4) is 0 Å². The maximum atomic E-state index is 6.19. The Kier molecular flexibility index (Phi) is 4.71. The van der Waals surface area contributed by atoms with Crippen molar-refractivity contribution in [2.45, 2.75) is 52.1 Å². The fourth-order valence-corrected chi connectivity index (χ4v) is 3.36. The summed E-state index contributed by atoms with van der Waals surface area (Å²) in [6.07, 6.45) is 10.0. The molecule has 0 unspecified atom stereocenters. The molecule has 0 spiro atoms. The lowest BCUT2D eigenvalue weighted by Gasteiger charge is -2.29. The van der Waals surface area contributed by atoms with Crippen molar-refractivity contribution in [1.82, 2.24) is 9.97 Å². The maximum absolute atomic E-state index is 6.19. The topological polar surface area (TPSA) is 35.0 Å². The lowest BCUT2D eigenvalue weighted by molar-refractivity contribution is 0.135. The number of benzene rings is 1. The van der Waals surface area contributed by atoms with Crippen molar-refractivity contribution in [2.75, 3.05) is 0 Å². The van der Waals surface area contributed by atoms with Gasteiger partial charge < -0.3 is 4.74 Å². The Labute approximate surface area is 132 Å². The molecule has 3 heteroatoms. The molecule has 1 saturated carbocycles. The van der Waals surface area contributed by atoms with Crippen molar-refractivity contribution in [3.8, 4) is 5.88 Å². The molecule has 1 fully saturated rings. The van der Waals surface area contributed by atoms with Gasteiger partial charge in [-0.15, -0.1) is 0 Å². The van der Waals surface area contributed by atoms with Gasteiger partial charge in [-0.3, -0.25) is 0 Å². The van der Waals surface area contributed by atoms with Crippen molar-refractivity contribution in [3.05, 3.63) is 42.2 Å². The van der Waals surface area contributed by atoms with Crippen LogP contribution >= 0.6 is 0 Å². The van der Waals surface area contributed by atoms with Crippen LogP contribution in [0.2, 0.25) is 0 Å².